The molecule has 31 heavy (non-hydrogen) atoms. The molecule has 2 rings (SSSR count). The molecule has 0 heterocycles. The predicted octanol–water partition coefficient (Wildman–Crippen LogP) is 2.71. The van der Waals surface area contributed by atoms with Gasteiger partial charge in [-0.3, -0.25) is 14.8 Å². The van der Waals surface area contributed by atoms with E-state index in [9.17, 15) is 18.0 Å². The standard InChI is InChI=1S/C21H26ClN3O5S/c1-4-13(2)19(21(27)23-14(3)20(26)24-28)25-31(29,30)18-11-7-16(8-12-18)15-5-9-17(22)10-6-15/h5-14,19,25,28H,4H2,1-3H3,(H,23,27)(H,24,26)/t13-,14-,19-/m0/s1. The molecule has 2 aromatic rings. The van der Waals surface area contributed by atoms with Crippen LogP contribution in [0, 0.1) is 5.92 Å². The number of hydrogen-bond acceptors (Lipinski definition) is 5. The number of halogens is 1. The number of carbonyl (C=O) groups excluding carboxylic acids is 2. The van der Waals surface area contributed by atoms with E-state index in [1.807, 2.05) is 19.1 Å². The number of rotatable bonds is 9. The van der Waals surface area contributed by atoms with Crippen molar-refractivity contribution in [3.63, 3.8) is 0 Å². The second-order valence-corrected chi connectivity index (χ2v) is 9.37. The van der Waals surface area contributed by atoms with Gasteiger partial charge in [-0.2, -0.15) is 4.72 Å². The van der Waals surface area contributed by atoms with Gasteiger partial charge in [0.05, 0.1) is 4.90 Å². The molecular weight excluding hydrogens is 442 g/mol. The third-order valence-electron chi connectivity index (χ3n) is 4.98. The van der Waals surface area contributed by atoms with Gasteiger partial charge in [0.2, 0.25) is 15.9 Å². The SMILES string of the molecule is CC[C@H](C)[C@H](NS(=O)(=O)c1ccc(-c2ccc(Cl)cc2)cc1)C(=O)N[C@@H](C)C(=O)NO. The summed E-state index contributed by atoms with van der Waals surface area (Å²) in [5.41, 5.74) is 3.15. The summed E-state index contributed by atoms with van der Waals surface area (Å²) in [6, 6.07) is 11.3. The Balaban J connectivity index is 2.22. The zero-order chi connectivity index (χ0) is 23.2. The summed E-state index contributed by atoms with van der Waals surface area (Å²) in [7, 11) is -4.01. The molecule has 4 N–H and O–H groups in total. The average Bonchev–Trinajstić information content (AvgIpc) is 2.76. The van der Waals surface area contributed by atoms with Crippen LogP contribution in [-0.4, -0.2) is 37.5 Å². The van der Waals surface area contributed by atoms with E-state index in [1.165, 1.54) is 24.5 Å². The van der Waals surface area contributed by atoms with Crippen LogP contribution in [0.15, 0.2) is 53.4 Å². The Labute approximate surface area is 187 Å². The Hall–Kier alpha value is -2.46. The average molecular weight is 468 g/mol. The fraction of sp³-hybridized carbons (Fsp3) is 0.333. The summed E-state index contributed by atoms with van der Waals surface area (Å²) in [4.78, 5) is 24.1. The van der Waals surface area contributed by atoms with E-state index >= 15 is 0 Å². The Morgan fingerprint density at radius 3 is 1.97 bits per heavy atom. The first kappa shape index (κ1) is 24.8. The largest absolute Gasteiger partial charge is 0.343 e. The maximum Gasteiger partial charge on any atom is 0.265 e. The van der Waals surface area contributed by atoms with E-state index in [0.717, 1.165) is 11.1 Å². The quantitative estimate of drug-likeness (QED) is 0.333. The van der Waals surface area contributed by atoms with Crippen molar-refractivity contribution >= 4 is 33.4 Å². The highest BCUT2D eigenvalue weighted by Crippen LogP contribution is 2.23. The van der Waals surface area contributed by atoms with Crippen LogP contribution in [0.1, 0.15) is 27.2 Å². The Bertz CT molecular complexity index is 1010. The van der Waals surface area contributed by atoms with E-state index < -0.39 is 33.9 Å². The Morgan fingerprint density at radius 1 is 0.968 bits per heavy atom. The lowest BCUT2D eigenvalue weighted by atomic mass is 9.99. The second-order valence-electron chi connectivity index (χ2n) is 7.22. The molecule has 0 bridgehead atoms. The molecule has 10 heteroatoms. The summed E-state index contributed by atoms with van der Waals surface area (Å²) >= 11 is 5.90. The Morgan fingerprint density at radius 2 is 1.48 bits per heavy atom. The van der Waals surface area contributed by atoms with Crippen LogP contribution in [0.4, 0.5) is 0 Å². The fourth-order valence-corrected chi connectivity index (χ4v) is 4.26. The minimum Gasteiger partial charge on any atom is -0.343 e. The molecule has 0 aliphatic carbocycles. The van der Waals surface area contributed by atoms with Crippen molar-refractivity contribution in [1.29, 1.82) is 0 Å². The van der Waals surface area contributed by atoms with Gasteiger partial charge in [0.1, 0.15) is 12.1 Å². The van der Waals surface area contributed by atoms with E-state index in [0.29, 0.717) is 11.4 Å². The van der Waals surface area contributed by atoms with Gasteiger partial charge in [-0.15, -0.1) is 0 Å². The number of hydroxylamine groups is 1. The molecule has 0 aromatic heterocycles. The van der Waals surface area contributed by atoms with E-state index in [-0.39, 0.29) is 10.8 Å². The van der Waals surface area contributed by atoms with Gasteiger partial charge in [0.25, 0.3) is 5.91 Å². The van der Waals surface area contributed by atoms with Crippen molar-refractivity contribution in [2.75, 3.05) is 0 Å². The van der Waals surface area contributed by atoms with Crippen molar-refractivity contribution in [2.45, 2.75) is 44.2 Å². The van der Waals surface area contributed by atoms with Gasteiger partial charge in [-0.1, -0.05) is 56.1 Å². The molecule has 0 spiro atoms. The lowest BCUT2D eigenvalue weighted by Gasteiger charge is -2.25. The summed E-state index contributed by atoms with van der Waals surface area (Å²) < 4.78 is 28.3. The highest BCUT2D eigenvalue weighted by atomic mass is 35.5. The van der Waals surface area contributed by atoms with Crippen molar-refractivity contribution in [3.05, 3.63) is 53.6 Å². The minimum absolute atomic E-state index is 0.00691. The van der Waals surface area contributed by atoms with Crippen molar-refractivity contribution in [1.82, 2.24) is 15.5 Å². The summed E-state index contributed by atoms with van der Waals surface area (Å²) in [5.74, 6) is -1.81. The van der Waals surface area contributed by atoms with Gasteiger partial charge in [0, 0.05) is 5.02 Å². The van der Waals surface area contributed by atoms with Crippen molar-refractivity contribution in [2.24, 2.45) is 5.92 Å². The second kappa shape index (κ2) is 10.7. The smallest absolute Gasteiger partial charge is 0.265 e. The van der Waals surface area contributed by atoms with Gasteiger partial charge in [-0.05, 0) is 48.2 Å². The number of nitrogens with one attached hydrogen (secondary N) is 3. The van der Waals surface area contributed by atoms with Crippen LogP contribution in [0.5, 0.6) is 0 Å². The van der Waals surface area contributed by atoms with E-state index in [2.05, 4.69) is 10.0 Å². The maximum atomic E-state index is 12.9. The summed E-state index contributed by atoms with van der Waals surface area (Å²) in [5, 5.41) is 11.7. The van der Waals surface area contributed by atoms with E-state index in [1.54, 1.807) is 31.2 Å². The van der Waals surface area contributed by atoms with Crippen LogP contribution >= 0.6 is 11.6 Å². The van der Waals surface area contributed by atoms with Gasteiger partial charge in [-0.25, -0.2) is 13.9 Å². The number of sulfonamides is 1. The van der Waals surface area contributed by atoms with Crippen LogP contribution in [0.2, 0.25) is 5.02 Å². The third kappa shape index (κ3) is 6.51. The molecule has 0 aliphatic rings. The molecule has 2 amide bonds. The first-order chi connectivity index (χ1) is 14.6. The lowest BCUT2D eigenvalue weighted by Crippen LogP contribution is -2.54. The molecule has 3 atom stereocenters. The molecule has 0 fully saturated rings. The van der Waals surface area contributed by atoms with Gasteiger partial charge in [0.15, 0.2) is 0 Å². The number of benzene rings is 2. The summed E-state index contributed by atoms with van der Waals surface area (Å²) in [6.45, 7) is 4.93. The maximum absolute atomic E-state index is 12.9. The molecule has 0 saturated heterocycles. The lowest BCUT2D eigenvalue weighted by molar-refractivity contribution is -0.135. The van der Waals surface area contributed by atoms with Gasteiger partial charge < -0.3 is 5.32 Å². The molecule has 8 nitrogen and oxygen atoms in total. The highest BCUT2D eigenvalue weighted by Gasteiger charge is 2.31. The summed E-state index contributed by atoms with van der Waals surface area (Å²) in [6.07, 6.45) is 0.524. The van der Waals surface area contributed by atoms with Crippen molar-refractivity contribution < 1.29 is 23.2 Å². The molecule has 168 valence electrons. The van der Waals surface area contributed by atoms with E-state index in [4.69, 9.17) is 16.8 Å². The number of carbonyl (C=O) groups is 2. The first-order valence-corrected chi connectivity index (χ1v) is 11.6. The Kier molecular flexibility index (Phi) is 8.58. The van der Waals surface area contributed by atoms with Crippen LogP contribution in [0.3, 0.4) is 0 Å². The normalized spacial score (nSPS) is 14.4. The predicted molar refractivity (Wildman–Crippen MR) is 118 cm³/mol. The topological polar surface area (TPSA) is 125 Å². The molecule has 0 aliphatic heterocycles. The number of amides is 2. The van der Waals surface area contributed by atoms with Crippen LogP contribution in [0.25, 0.3) is 11.1 Å². The van der Waals surface area contributed by atoms with Crippen LogP contribution < -0.4 is 15.5 Å². The molecule has 0 unspecified atom stereocenters. The molecule has 0 radical (unpaired) electrons. The zero-order valence-corrected chi connectivity index (χ0v) is 19.0. The van der Waals surface area contributed by atoms with Gasteiger partial charge >= 0.3 is 0 Å². The molecule has 2 aromatic carbocycles. The third-order valence-corrected chi connectivity index (χ3v) is 6.69. The van der Waals surface area contributed by atoms with Crippen molar-refractivity contribution in [3.8, 4) is 11.1 Å². The molecule has 0 saturated carbocycles. The number of hydrogen-bond donors (Lipinski definition) is 4. The molecular formula is C21H26ClN3O5S. The highest BCUT2D eigenvalue weighted by molar-refractivity contribution is 7.89. The van der Waals surface area contributed by atoms with Crippen LogP contribution in [-0.2, 0) is 19.6 Å². The minimum atomic E-state index is -4.01. The fourth-order valence-electron chi connectivity index (χ4n) is 2.83. The first-order valence-electron chi connectivity index (χ1n) is 9.71. The monoisotopic (exact) mass is 467 g/mol. The zero-order valence-electron chi connectivity index (χ0n) is 17.4.